The first-order chi connectivity index (χ1) is 14.1. The Hall–Kier alpha value is -2.55. The highest BCUT2D eigenvalue weighted by Crippen LogP contribution is 2.25. The summed E-state index contributed by atoms with van der Waals surface area (Å²) >= 11 is 1.57. The molecule has 1 N–H and O–H groups in total. The van der Waals surface area contributed by atoms with Crippen molar-refractivity contribution < 1.29 is 9.53 Å². The Morgan fingerprint density at radius 1 is 1.17 bits per heavy atom. The van der Waals surface area contributed by atoms with Crippen LogP contribution in [0.2, 0.25) is 0 Å². The molecule has 152 valence electrons. The van der Waals surface area contributed by atoms with E-state index in [1.54, 1.807) is 16.0 Å². The zero-order valence-corrected chi connectivity index (χ0v) is 17.4. The van der Waals surface area contributed by atoms with E-state index in [9.17, 15) is 4.79 Å². The molecule has 1 saturated heterocycles. The average molecular weight is 412 g/mol. The van der Waals surface area contributed by atoms with E-state index in [1.165, 1.54) is 0 Å². The Morgan fingerprint density at radius 2 is 1.93 bits per heavy atom. The Balaban J connectivity index is 1.46. The van der Waals surface area contributed by atoms with Crippen molar-refractivity contribution in [2.45, 2.75) is 26.1 Å². The molecular formula is C21H25N5O2S. The van der Waals surface area contributed by atoms with E-state index in [-0.39, 0.29) is 23.9 Å². The van der Waals surface area contributed by atoms with Gasteiger partial charge in [0.15, 0.2) is 5.82 Å². The van der Waals surface area contributed by atoms with E-state index in [0.717, 1.165) is 30.2 Å². The monoisotopic (exact) mass is 411 g/mol. The second-order valence-corrected chi connectivity index (χ2v) is 8.20. The van der Waals surface area contributed by atoms with Gasteiger partial charge in [-0.3, -0.25) is 9.69 Å². The molecule has 7 nitrogen and oxygen atoms in total. The highest BCUT2D eigenvalue weighted by Gasteiger charge is 2.23. The standard InChI is InChI=1S/C21H25N5O2S/c1-15-13-25(14-16(2)28-15)11-10-22-21(27)19-23-20(18-9-6-12-29-18)26(24-19)17-7-4-3-5-8-17/h3-9,12,15-16H,10-11,13-14H2,1-2H3,(H,22,27). The Morgan fingerprint density at radius 3 is 2.62 bits per heavy atom. The zero-order chi connectivity index (χ0) is 20.2. The minimum Gasteiger partial charge on any atom is -0.373 e. The van der Waals surface area contributed by atoms with Crippen LogP contribution >= 0.6 is 11.3 Å². The minimum atomic E-state index is -0.258. The Kier molecular flexibility index (Phi) is 6.03. The highest BCUT2D eigenvalue weighted by atomic mass is 32.1. The summed E-state index contributed by atoms with van der Waals surface area (Å²) in [5.41, 5.74) is 0.874. The smallest absolute Gasteiger partial charge is 0.291 e. The van der Waals surface area contributed by atoms with Gasteiger partial charge in [0.25, 0.3) is 5.91 Å². The van der Waals surface area contributed by atoms with Crippen LogP contribution in [0.3, 0.4) is 0 Å². The number of amides is 1. The number of para-hydroxylation sites is 1. The predicted molar refractivity (Wildman–Crippen MR) is 113 cm³/mol. The number of carbonyl (C=O) groups is 1. The topological polar surface area (TPSA) is 72.3 Å². The van der Waals surface area contributed by atoms with Crippen molar-refractivity contribution in [1.29, 1.82) is 0 Å². The fourth-order valence-corrected chi connectivity index (χ4v) is 4.29. The summed E-state index contributed by atoms with van der Waals surface area (Å²) in [6, 6.07) is 13.7. The third kappa shape index (κ3) is 4.72. The summed E-state index contributed by atoms with van der Waals surface area (Å²) in [5.74, 6) is 0.597. The first-order valence-corrected chi connectivity index (χ1v) is 10.7. The van der Waals surface area contributed by atoms with Gasteiger partial charge in [-0.2, -0.15) is 0 Å². The van der Waals surface area contributed by atoms with Crippen molar-refractivity contribution in [1.82, 2.24) is 25.0 Å². The van der Waals surface area contributed by atoms with Gasteiger partial charge in [-0.05, 0) is 37.4 Å². The van der Waals surface area contributed by atoms with Crippen molar-refractivity contribution in [3.8, 4) is 16.4 Å². The molecule has 4 rings (SSSR count). The molecule has 1 aliphatic rings. The van der Waals surface area contributed by atoms with Crippen molar-refractivity contribution in [2.24, 2.45) is 0 Å². The molecule has 0 saturated carbocycles. The lowest BCUT2D eigenvalue weighted by molar-refractivity contribution is -0.0672. The summed E-state index contributed by atoms with van der Waals surface area (Å²) in [4.78, 5) is 20.5. The molecular weight excluding hydrogens is 386 g/mol. The van der Waals surface area contributed by atoms with Gasteiger partial charge in [-0.1, -0.05) is 24.3 Å². The van der Waals surface area contributed by atoms with E-state index >= 15 is 0 Å². The number of aromatic nitrogens is 3. The van der Waals surface area contributed by atoms with Gasteiger partial charge >= 0.3 is 0 Å². The maximum atomic E-state index is 12.7. The van der Waals surface area contributed by atoms with Crippen LogP contribution in [0.15, 0.2) is 47.8 Å². The van der Waals surface area contributed by atoms with E-state index in [1.807, 2.05) is 47.8 Å². The number of carbonyl (C=O) groups excluding carboxylic acids is 1. The van der Waals surface area contributed by atoms with E-state index in [2.05, 4.69) is 34.1 Å². The minimum absolute atomic E-state index is 0.181. The number of nitrogens with one attached hydrogen (secondary N) is 1. The molecule has 1 aliphatic heterocycles. The predicted octanol–water partition coefficient (Wildman–Crippen LogP) is 2.83. The van der Waals surface area contributed by atoms with Crippen LogP contribution in [0.4, 0.5) is 0 Å². The molecule has 0 spiro atoms. The number of morpholine rings is 1. The van der Waals surface area contributed by atoms with Gasteiger partial charge < -0.3 is 10.1 Å². The normalized spacial score (nSPS) is 19.9. The fourth-order valence-electron chi connectivity index (χ4n) is 3.60. The van der Waals surface area contributed by atoms with Gasteiger partial charge in [-0.15, -0.1) is 16.4 Å². The molecule has 2 aromatic heterocycles. The summed E-state index contributed by atoms with van der Waals surface area (Å²) < 4.78 is 7.48. The molecule has 29 heavy (non-hydrogen) atoms. The Bertz CT molecular complexity index is 931. The molecule has 3 aromatic rings. The largest absolute Gasteiger partial charge is 0.373 e. The van der Waals surface area contributed by atoms with Crippen LogP contribution in [-0.4, -0.2) is 64.0 Å². The number of benzene rings is 1. The van der Waals surface area contributed by atoms with Gasteiger partial charge in [-0.25, -0.2) is 9.67 Å². The first kappa shape index (κ1) is 19.8. The quantitative estimate of drug-likeness (QED) is 0.675. The zero-order valence-electron chi connectivity index (χ0n) is 16.6. The molecule has 1 aromatic carbocycles. The number of hydrogen-bond donors (Lipinski definition) is 1. The van der Waals surface area contributed by atoms with Crippen molar-refractivity contribution in [3.63, 3.8) is 0 Å². The third-order valence-corrected chi connectivity index (χ3v) is 5.63. The molecule has 3 heterocycles. The van der Waals surface area contributed by atoms with Crippen LogP contribution in [0.5, 0.6) is 0 Å². The average Bonchev–Trinajstić information content (AvgIpc) is 3.37. The molecule has 0 aliphatic carbocycles. The van der Waals surface area contributed by atoms with Crippen LogP contribution in [0.1, 0.15) is 24.5 Å². The summed E-state index contributed by atoms with van der Waals surface area (Å²) in [7, 11) is 0. The van der Waals surface area contributed by atoms with Crippen LogP contribution < -0.4 is 5.32 Å². The van der Waals surface area contributed by atoms with E-state index in [4.69, 9.17) is 4.74 Å². The third-order valence-electron chi connectivity index (χ3n) is 4.76. The van der Waals surface area contributed by atoms with Crippen molar-refractivity contribution in [2.75, 3.05) is 26.2 Å². The highest BCUT2D eigenvalue weighted by molar-refractivity contribution is 7.13. The Labute approximate surface area is 174 Å². The summed E-state index contributed by atoms with van der Waals surface area (Å²) in [5, 5.41) is 9.44. The fraction of sp³-hybridized carbons (Fsp3) is 0.381. The molecule has 2 atom stereocenters. The number of ether oxygens (including phenoxy) is 1. The number of hydrogen-bond acceptors (Lipinski definition) is 6. The van der Waals surface area contributed by atoms with Crippen LogP contribution in [-0.2, 0) is 4.74 Å². The lowest BCUT2D eigenvalue weighted by atomic mass is 10.2. The van der Waals surface area contributed by atoms with Crippen LogP contribution in [0, 0.1) is 0 Å². The van der Waals surface area contributed by atoms with Gasteiger partial charge in [0, 0.05) is 26.2 Å². The van der Waals surface area contributed by atoms with E-state index < -0.39 is 0 Å². The lowest BCUT2D eigenvalue weighted by Crippen LogP contribution is -2.47. The SMILES string of the molecule is CC1CN(CCNC(=O)c2nc(-c3cccs3)n(-c3ccccc3)n2)CC(C)O1. The van der Waals surface area contributed by atoms with E-state index in [0.29, 0.717) is 12.4 Å². The van der Waals surface area contributed by atoms with Gasteiger partial charge in [0.2, 0.25) is 5.82 Å². The number of thiophene rings is 1. The molecule has 0 bridgehead atoms. The maximum Gasteiger partial charge on any atom is 0.291 e. The second-order valence-electron chi connectivity index (χ2n) is 7.26. The first-order valence-electron chi connectivity index (χ1n) is 9.82. The molecule has 2 unspecified atom stereocenters. The van der Waals surface area contributed by atoms with Crippen molar-refractivity contribution >= 4 is 17.2 Å². The maximum absolute atomic E-state index is 12.7. The van der Waals surface area contributed by atoms with Crippen molar-refractivity contribution in [3.05, 3.63) is 53.7 Å². The molecule has 1 fully saturated rings. The summed E-state index contributed by atoms with van der Waals surface area (Å²) in [6.07, 6.45) is 0.428. The lowest BCUT2D eigenvalue weighted by Gasteiger charge is -2.35. The van der Waals surface area contributed by atoms with Gasteiger partial charge in [0.05, 0.1) is 22.8 Å². The summed E-state index contributed by atoms with van der Waals surface area (Å²) in [6.45, 7) is 7.24. The van der Waals surface area contributed by atoms with Gasteiger partial charge in [0.1, 0.15) is 0 Å². The second kappa shape index (κ2) is 8.86. The molecule has 1 amide bonds. The molecule has 8 heteroatoms. The molecule has 0 radical (unpaired) electrons. The number of rotatable bonds is 6. The van der Waals surface area contributed by atoms with Crippen LogP contribution in [0.25, 0.3) is 16.4 Å². The number of nitrogens with zero attached hydrogens (tertiary/aromatic N) is 4.